The highest BCUT2D eigenvalue weighted by molar-refractivity contribution is 9.10. The zero-order valence-electron chi connectivity index (χ0n) is 8.89. The number of benzene rings is 1. The van der Waals surface area contributed by atoms with E-state index in [4.69, 9.17) is 33.9 Å². The number of aromatic carboxylic acids is 1. The van der Waals surface area contributed by atoms with Gasteiger partial charge in [-0.15, -0.1) is 0 Å². The summed E-state index contributed by atoms with van der Waals surface area (Å²) in [5, 5.41) is 9.08. The summed E-state index contributed by atoms with van der Waals surface area (Å²) in [6, 6.07) is 2.96. The zero-order valence-corrected chi connectivity index (χ0v) is 11.2. The van der Waals surface area contributed by atoms with Crippen molar-refractivity contribution in [3.05, 3.63) is 27.2 Å². The summed E-state index contributed by atoms with van der Waals surface area (Å²) in [7, 11) is 0. The molecule has 0 unspecified atom stereocenters. The molecule has 7 N–H and O–H groups in total. The predicted molar refractivity (Wildman–Crippen MR) is 73.2 cm³/mol. The SMILES string of the molecule is NC(N)=NC(N)=Nc1ccc(Br)c(Cl)c1C(=O)O. The van der Waals surface area contributed by atoms with Crippen molar-refractivity contribution in [2.24, 2.45) is 27.2 Å². The summed E-state index contributed by atoms with van der Waals surface area (Å²) >= 11 is 8.97. The lowest BCUT2D eigenvalue weighted by Gasteiger charge is -2.05. The highest BCUT2D eigenvalue weighted by atomic mass is 79.9. The number of guanidine groups is 2. The molecule has 0 amide bonds. The first-order valence-corrected chi connectivity index (χ1v) is 5.65. The number of hydrogen-bond acceptors (Lipinski definition) is 2. The van der Waals surface area contributed by atoms with Gasteiger partial charge in [0.1, 0.15) is 5.56 Å². The molecule has 0 bridgehead atoms. The van der Waals surface area contributed by atoms with Crippen LogP contribution in [0.2, 0.25) is 5.02 Å². The maximum atomic E-state index is 11.1. The maximum absolute atomic E-state index is 11.1. The number of carbonyl (C=O) groups is 1. The van der Waals surface area contributed by atoms with Gasteiger partial charge >= 0.3 is 5.97 Å². The average Bonchev–Trinajstić information content (AvgIpc) is 2.21. The van der Waals surface area contributed by atoms with Crippen LogP contribution in [0.15, 0.2) is 26.6 Å². The van der Waals surface area contributed by atoms with Crippen molar-refractivity contribution in [3.8, 4) is 0 Å². The van der Waals surface area contributed by atoms with E-state index >= 15 is 0 Å². The first-order valence-electron chi connectivity index (χ1n) is 4.48. The second kappa shape index (κ2) is 5.69. The average molecular weight is 335 g/mol. The molecule has 0 aliphatic rings. The molecule has 0 aliphatic heterocycles. The van der Waals surface area contributed by atoms with Crippen LogP contribution in [0.5, 0.6) is 0 Å². The highest BCUT2D eigenvalue weighted by Gasteiger charge is 2.17. The molecule has 0 heterocycles. The van der Waals surface area contributed by atoms with Gasteiger partial charge in [-0.1, -0.05) is 11.6 Å². The van der Waals surface area contributed by atoms with Crippen molar-refractivity contribution in [2.75, 3.05) is 0 Å². The number of carboxylic acids is 1. The van der Waals surface area contributed by atoms with E-state index in [0.717, 1.165) is 0 Å². The van der Waals surface area contributed by atoms with Crippen molar-refractivity contribution in [1.82, 2.24) is 0 Å². The van der Waals surface area contributed by atoms with E-state index in [1.807, 2.05) is 0 Å². The molecule has 7 nitrogen and oxygen atoms in total. The normalized spacial score (nSPS) is 11.1. The van der Waals surface area contributed by atoms with Gasteiger partial charge in [0.25, 0.3) is 0 Å². The molecule has 1 aromatic carbocycles. The van der Waals surface area contributed by atoms with Crippen molar-refractivity contribution in [2.45, 2.75) is 0 Å². The van der Waals surface area contributed by atoms with Gasteiger partial charge in [-0.2, -0.15) is 4.99 Å². The highest BCUT2D eigenvalue weighted by Crippen LogP contribution is 2.33. The Bertz CT molecular complexity index is 554. The predicted octanol–water partition coefficient (Wildman–Crippen LogP) is 1.02. The molecule has 0 fully saturated rings. The summed E-state index contributed by atoms with van der Waals surface area (Å²) in [4.78, 5) is 18.4. The lowest BCUT2D eigenvalue weighted by atomic mass is 10.2. The minimum atomic E-state index is -1.24. The van der Waals surface area contributed by atoms with E-state index in [1.54, 1.807) is 0 Å². The van der Waals surface area contributed by atoms with E-state index < -0.39 is 5.97 Å². The smallest absolute Gasteiger partial charge is 0.339 e. The van der Waals surface area contributed by atoms with Crippen LogP contribution >= 0.6 is 27.5 Å². The van der Waals surface area contributed by atoms with Crippen LogP contribution in [0.1, 0.15) is 10.4 Å². The van der Waals surface area contributed by atoms with Crippen LogP contribution in [0.3, 0.4) is 0 Å². The van der Waals surface area contributed by atoms with E-state index in [2.05, 4.69) is 25.9 Å². The van der Waals surface area contributed by atoms with E-state index in [1.165, 1.54) is 12.1 Å². The van der Waals surface area contributed by atoms with Gasteiger partial charge < -0.3 is 22.3 Å². The second-order valence-electron chi connectivity index (χ2n) is 3.07. The Labute approximate surface area is 115 Å². The molecule has 18 heavy (non-hydrogen) atoms. The van der Waals surface area contributed by atoms with Crippen LogP contribution < -0.4 is 17.2 Å². The number of aliphatic imine (C=N–C) groups is 2. The minimum absolute atomic E-state index is 0.0150. The Kier molecular flexibility index (Phi) is 4.51. The quantitative estimate of drug-likeness (QED) is 0.472. The van der Waals surface area contributed by atoms with Crippen LogP contribution in [-0.2, 0) is 0 Å². The molecular weight excluding hydrogens is 325 g/mol. The number of nitrogens with two attached hydrogens (primary N) is 3. The van der Waals surface area contributed by atoms with Crippen LogP contribution in [0.4, 0.5) is 5.69 Å². The van der Waals surface area contributed by atoms with Gasteiger partial charge in [0.15, 0.2) is 5.96 Å². The molecule has 9 heteroatoms. The first-order chi connectivity index (χ1) is 8.32. The van der Waals surface area contributed by atoms with Crippen molar-refractivity contribution in [1.29, 1.82) is 0 Å². The lowest BCUT2D eigenvalue weighted by molar-refractivity contribution is 0.0698. The van der Waals surface area contributed by atoms with Gasteiger partial charge in [-0.3, -0.25) is 0 Å². The van der Waals surface area contributed by atoms with E-state index in [-0.39, 0.29) is 28.2 Å². The number of halogens is 2. The van der Waals surface area contributed by atoms with Crippen LogP contribution in [-0.4, -0.2) is 23.0 Å². The fraction of sp³-hybridized carbons (Fsp3) is 0. The summed E-state index contributed by atoms with van der Waals surface area (Å²) in [5.41, 5.74) is 15.5. The number of hydrogen-bond donors (Lipinski definition) is 4. The molecule has 0 saturated carbocycles. The molecule has 0 aromatic heterocycles. The van der Waals surface area contributed by atoms with E-state index in [9.17, 15) is 4.79 Å². The summed E-state index contributed by atoms with van der Waals surface area (Å²) in [5.74, 6) is -1.79. The summed E-state index contributed by atoms with van der Waals surface area (Å²) in [6.07, 6.45) is 0. The first kappa shape index (κ1) is 14.3. The Hall–Kier alpha value is -1.80. The molecular formula is C9H9BrClN5O2. The van der Waals surface area contributed by atoms with Crippen LogP contribution in [0, 0.1) is 0 Å². The fourth-order valence-corrected chi connectivity index (χ4v) is 1.69. The Morgan fingerprint density at radius 3 is 2.44 bits per heavy atom. The molecule has 0 radical (unpaired) electrons. The van der Waals surface area contributed by atoms with E-state index in [0.29, 0.717) is 4.47 Å². The second-order valence-corrected chi connectivity index (χ2v) is 4.30. The Balaban J connectivity index is 3.38. The molecule has 0 saturated heterocycles. The minimum Gasteiger partial charge on any atom is -0.478 e. The fourth-order valence-electron chi connectivity index (χ4n) is 1.12. The largest absolute Gasteiger partial charge is 0.478 e. The zero-order chi connectivity index (χ0) is 13.9. The Morgan fingerprint density at radius 1 is 1.33 bits per heavy atom. The third kappa shape index (κ3) is 3.34. The molecule has 96 valence electrons. The number of nitrogens with zero attached hydrogens (tertiary/aromatic N) is 2. The maximum Gasteiger partial charge on any atom is 0.339 e. The van der Waals surface area contributed by atoms with Gasteiger partial charge in [0, 0.05) is 4.47 Å². The molecule has 0 atom stereocenters. The standard InChI is InChI=1S/C9H9BrClN5O2/c10-3-1-2-4(5(6(3)11)7(17)18)15-9(14)16-8(12)13/h1-2H,(H,17,18)(H6,12,13,14,15,16). The van der Waals surface area contributed by atoms with Crippen LogP contribution in [0.25, 0.3) is 0 Å². The third-order valence-electron chi connectivity index (χ3n) is 1.77. The number of rotatable bonds is 2. The topological polar surface area (TPSA) is 140 Å². The monoisotopic (exact) mass is 333 g/mol. The van der Waals surface area contributed by atoms with Crippen molar-refractivity contribution in [3.63, 3.8) is 0 Å². The summed E-state index contributed by atoms with van der Waals surface area (Å²) < 4.78 is 0.431. The Morgan fingerprint density at radius 2 is 1.94 bits per heavy atom. The van der Waals surface area contributed by atoms with Gasteiger partial charge in [-0.25, -0.2) is 9.79 Å². The molecule has 1 rings (SSSR count). The molecule has 0 aliphatic carbocycles. The lowest BCUT2D eigenvalue weighted by Crippen LogP contribution is -2.26. The van der Waals surface area contributed by atoms with Crippen molar-refractivity contribution >= 4 is 51.1 Å². The molecule has 0 spiro atoms. The van der Waals surface area contributed by atoms with Gasteiger partial charge in [0.05, 0.1) is 10.7 Å². The summed E-state index contributed by atoms with van der Waals surface area (Å²) in [6.45, 7) is 0. The van der Waals surface area contributed by atoms with Gasteiger partial charge in [-0.05, 0) is 28.1 Å². The number of carboxylic acid groups (broad SMARTS) is 1. The third-order valence-corrected chi connectivity index (χ3v) is 3.05. The van der Waals surface area contributed by atoms with Gasteiger partial charge in [0.2, 0.25) is 5.96 Å². The van der Waals surface area contributed by atoms with Crippen molar-refractivity contribution < 1.29 is 9.90 Å². The molecule has 1 aromatic rings.